The summed E-state index contributed by atoms with van der Waals surface area (Å²) in [4.78, 5) is 38.8. The number of nitrogens with zero attached hydrogens (tertiary/aromatic N) is 2. The number of fused-ring (bicyclic) bond motifs is 3. The number of carbonyl (C=O) groups is 3. The van der Waals surface area contributed by atoms with Crippen molar-refractivity contribution >= 4 is 40.3 Å². The van der Waals surface area contributed by atoms with Crippen molar-refractivity contribution in [3.63, 3.8) is 0 Å². The number of amides is 2. The van der Waals surface area contributed by atoms with E-state index in [4.69, 9.17) is 22.1 Å². The number of hydrogen-bond donors (Lipinski definition) is 1. The maximum absolute atomic E-state index is 13.6. The first-order valence-corrected chi connectivity index (χ1v) is 10.5. The van der Waals surface area contributed by atoms with Crippen LogP contribution >= 0.6 is 11.6 Å². The van der Waals surface area contributed by atoms with Crippen LogP contribution in [0.5, 0.6) is 0 Å². The minimum absolute atomic E-state index is 0.0729. The molecule has 1 aromatic heterocycles. The molecule has 0 atom stereocenters. The number of ether oxygens (including phenoxy) is 1. The fourth-order valence-electron chi connectivity index (χ4n) is 4.72. The van der Waals surface area contributed by atoms with Gasteiger partial charge in [-0.25, -0.2) is 9.18 Å². The Kier molecular flexibility index (Phi) is 4.70. The average molecular weight is 456 g/mol. The molecular weight excluding hydrogens is 437 g/mol. The molecule has 2 aliphatic rings. The highest BCUT2D eigenvalue weighted by atomic mass is 35.5. The molecule has 1 fully saturated rings. The van der Waals surface area contributed by atoms with E-state index >= 15 is 0 Å². The van der Waals surface area contributed by atoms with Crippen LogP contribution in [0, 0.1) is 5.82 Å². The topological polar surface area (TPSA) is 94.6 Å². The molecule has 32 heavy (non-hydrogen) atoms. The van der Waals surface area contributed by atoms with E-state index in [-0.39, 0.29) is 18.0 Å². The molecule has 0 radical (unpaired) electrons. The first kappa shape index (κ1) is 20.5. The van der Waals surface area contributed by atoms with Gasteiger partial charge >= 0.3 is 5.97 Å². The van der Waals surface area contributed by atoms with E-state index in [0.29, 0.717) is 53.0 Å². The van der Waals surface area contributed by atoms with Crippen molar-refractivity contribution in [1.29, 1.82) is 0 Å². The van der Waals surface area contributed by atoms with Gasteiger partial charge in [-0.05, 0) is 24.3 Å². The summed E-state index contributed by atoms with van der Waals surface area (Å²) in [7, 11) is 0. The summed E-state index contributed by atoms with van der Waals surface area (Å²) < 4.78 is 20.9. The van der Waals surface area contributed by atoms with Crippen molar-refractivity contribution in [2.45, 2.75) is 25.0 Å². The number of rotatable bonds is 3. The lowest BCUT2D eigenvalue weighted by molar-refractivity contribution is -0.118. The molecule has 2 amide bonds. The van der Waals surface area contributed by atoms with E-state index in [1.807, 2.05) is 0 Å². The zero-order valence-electron chi connectivity index (χ0n) is 16.9. The zero-order valence-corrected chi connectivity index (χ0v) is 17.7. The quantitative estimate of drug-likeness (QED) is 0.613. The van der Waals surface area contributed by atoms with Gasteiger partial charge in [0.05, 0.1) is 16.6 Å². The molecule has 1 saturated heterocycles. The second-order valence-corrected chi connectivity index (χ2v) is 8.60. The third-order valence-electron chi connectivity index (χ3n) is 6.24. The normalized spacial score (nSPS) is 16.9. The Morgan fingerprint density at radius 3 is 2.62 bits per heavy atom. The Morgan fingerprint density at radius 1 is 1.16 bits per heavy atom. The van der Waals surface area contributed by atoms with Crippen molar-refractivity contribution in [2.75, 3.05) is 13.1 Å². The molecular formula is C23H19ClFN3O4. The lowest BCUT2D eigenvalue weighted by atomic mass is 9.83. The van der Waals surface area contributed by atoms with Crippen molar-refractivity contribution in [1.82, 2.24) is 9.47 Å². The van der Waals surface area contributed by atoms with E-state index in [9.17, 15) is 18.8 Å². The van der Waals surface area contributed by atoms with Crippen molar-refractivity contribution in [2.24, 2.45) is 5.73 Å². The van der Waals surface area contributed by atoms with Gasteiger partial charge in [0.25, 0.3) is 5.91 Å². The highest BCUT2D eigenvalue weighted by Crippen LogP contribution is 2.44. The Morgan fingerprint density at radius 2 is 1.91 bits per heavy atom. The molecule has 3 aromatic rings. The molecule has 0 saturated carbocycles. The van der Waals surface area contributed by atoms with Gasteiger partial charge in [0, 0.05) is 48.1 Å². The number of nitrogens with two attached hydrogens (primary N) is 1. The summed E-state index contributed by atoms with van der Waals surface area (Å²) in [5.74, 6) is -1.75. The molecule has 0 aliphatic carbocycles. The third-order valence-corrected chi connectivity index (χ3v) is 6.47. The van der Waals surface area contributed by atoms with E-state index in [1.54, 1.807) is 39.9 Å². The Labute approximate surface area is 187 Å². The average Bonchev–Trinajstić information content (AvgIpc) is 3.22. The first-order valence-electron chi connectivity index (χ1n) is 10.2. The number of esters is 1. The van der Waals surface area contributed by atoms with Gasteiger partial charge in [0.15, 0.2) is 0 Å². The van der Waals surface area contributed by atoms with Crippen LogP contribution in [0.1, 0.15) is 39.1 Å². The summed E-state index contributed by atoms with van der Waals surface area (Å²) in [6.07, 6.45) is 2.44. The molecule has 5 rings (SSSR count). The van der Waals surface area contributed by atoms with Crippen LogP contribution in [0.25, 0.3) is 10.9 Å². The fraction of sp³-hybridized carbons (Fsp3) is 0.261. The summed E-state index contributed by atoms with van der Waals surface area (Å²) in [6, 6.07) is 9.23. The summed E-state index contributed by atoms with van der Waals surface area (Å²) in [5.41, 5.74) is 6.52. The molecule has 3 heterocycles. The van der Waals surface area contributed by atoms with Gasteiger partial charge in [-0.2, -0.15) is 0 Å². The van der Waals surface area contributed by atoms with Crippen LogP contribution < -0.4 is 5.73 Å². The van der Waals surface area contributed by atoms with E-state index in [2.05, 4.69) is 0 Å². The maximum Gasteiger partial charge on any atom is 0.339 e. The number of aromatic nitrogens is 1. The highest BCUT2D eigenvalue weighted by Gasteiger charge is 2.48. The summed E-state index contributed by atoms with van der Waals surface area (Å²) in [5, 5.41) is 1.16. The number of carbonyl (C=O) groups excluding carboxylic acids is 3. The number of benzene rings is 2. The van der Waals surface area contributed by atoms with Crippen molar-refractivity contribution in [3.05, 3.63) is 70.1 Å². The molecule has 0 unspecified atom stereocenters. The Balaban J connectivity index is 1.42. The van der Waals surface area contributed by atoms with Crippen molar-refractivity contribution < 1.29 is 23.5 Å². The largest absolute Gasteiger partial charge is 0.450 e. The molecule has 2 N–H and O–H groups in total. The Bertz CT molecular complexity index is 1290. The monoisotopic (exact) mass is 455 g/mol. The van der Waals surface area contributed by atoms with Crippen LogP contribution in [0.3, 0.4) is 0 Å². The van der Waals surface area contributed by atoms with Crippen LogP contribution in [0.2, 0.25) is 5.02 Å². The Hall–Kier alpha value is -3.39. The second-order valence-electron chi connectivity index (χ2n) is 8.16. The first-order chi connectivity index (χ1) is 15.3. The summed E-state index contributed by atoms with van der Waals surface area (Å²) in [6.45, 7) is 0.647. The van der Waals surface area contributed by atoms with Crippen molar-refractivity contribution in [3.8, 4) is 0 Å². The molecule has 0 bridgehead atoms. The maximum atomic E-state index is 13.6. The fourth-order valence-corrected chi connectivity index (χ4v) is 4.88. The van der Waals surface area contributed by atoms with Gasteiger partial charge in [-0.15, -0.1) is 0 Å². The van der Waals surface area contributed by atoms with Gasteiger partial charge in [-0.3, -0.25) is 9.59 Å². The number of likely N-dealkylation sites (tertiary alicyclic amines) is 1. The molecule has 2 aliphatic heterocycles. The number of piperidine rings is 1. The lowest BCUT2D eigenvalue weighted by Gasteiger charge is -2.38. The molecule has 2 aromatic carbocycles. The molecule has 7 nitrogen and oxygen atoms in total. The minimum Gasteiger partial charge on any atom is -0.450 e. The van der Waals surface area contributed by atoms with Gasteiger partial charge in [0.1, 0.15) is 18.0 Å². The van der Waals surface area contributed by atoms with Gasteiger partial charge < -0.3 is 19.9 Å². The number of primary amides is 1. The van der Waals surface area contributed by atoms with Crippen LogP contribution in [-0.4, -0.2) is 40.3 Å². The second kappa shape index (κ2) is 7.34. The third kappa shape index (κ3) is 3.22. The highest BCUT2D eigenvalue weighted by molar-refractivity contribution is 6.31. The standard InChI is InChI=1S/C23H19ClFN3O4/c24-13-1-3-15-17(11-28(12-20(26)29)19(15)9-13)21(30)27-7-5-23(6-8-27)18-4-2-14(25)10-16(18)22(31)32-23/h1-4,9-11H,5-8,12H2,(H2,26,29). The lowest BCUT2D eigenvalue weighted by Crippen LogP contribution is -2.45. The van der Waals surface area contributed by atoms with Crippen LogP contribution in [-0.2, 0) is 21.7 Å². The smallest absolute Gasteiger partial charge is 0.339 e. The van der Waals surface area contributed by atoms with Crippen LogP contribution in [0.4, 0.5) is 4.39 Å². The van der Waals surface area contributed by atoms with E-state index in [1.165, 1.54) is 12.1 Å². The molecule has 1 spiro atoms. The molecule has 9 heteroatoms. The number of hydrogen-bond acceptors (Lipinski definition) is 4. The van der Waals surface area contributed by atoms with E-state index in [0.717, 1.165) is 0 Å². The van der Waals surface area contributed by atoms with Gasteiger partial charge in [-0.1, -0.05) is 23.7 Å². The predicted molar refractivity (Wildman–Crippen MR) is 115 cm³/mol. The van der Waals surface area contributed by atoms with E-state index < -0.39 is 23.3 Å². The summed E-state index contributed by atoms with van der Waals surface area (Å²) >= 11 is 6.11. The number of halogens is 2. The predicted octanol–water partition coefficient (Wildman–Crippen LogP) is 3.22. The minimum atomic E-state index is -0.843. The molecule has 164 valence electrons. The zero-order chi connectivity index (χ0) is 22.6. The van der Waals surface area contributed by atoms with Gasteiger partial charge in [0.2, 0.25) is 5.91 Å². The SMILES string of the molecule is NC(=O)Cn1cc(C(=O)N2CCC3(CC2)OC(=O)c2cc(F)ccc23)c2ccc(Cl)cc21. The van der Waals surface area contributed by atoms with Crippen LogP contribution in [0.15, 0.2) is 42.6 Å².